The number of benzene rings is 3. The summed E-state index contributed by atoms with van der Waals surface area (Å²) in [6.07, 6.45) is 1.38. The van der Waals surface area contributed by atoms with Crippen molar-refractivity contribution < 1.29 is 23.9 Å². The SMILES string of the molecule is CCOc1cc(/C=C2\C(=O)NC(=O)N(c3ccc(C)cc3C)C2=O)cc(Cl)c1OCc1ccccc1Br. The van der Waals surface area contributed by atoms with Gasteiger partial charge in [0.1, 0.15) is 12.2 Å². The predicted molar refractivity (Wildman–Crippen MR) is 146 cm³/mol. The Hall–Kier alpha value is -3.62. The van der Waals surface area contributed by atoms with Crippen LogP contribution in [0.25, 0.3) is 6.08 Å². The van der Waals surface area contributed by atoms with Gasteiger partial charge >= 0.3 is 6.03 Å². The Bertz CT molecular complexity index is 1440. The fourth-order valence-electron chi connectivity index (χ4n) is 3.94. The molecule has 1 heterocycles. The predicted octanol–water partition coefficient (Wildman–Crippen LogP) is 6.36. The first kappa shape index (κ1) is 26.4. The quantitative estimate of drug-likeness (QED) is 0.258. The first-order chi connectivity index (χ1) is 17.7. The molecule has 1 N–H and O–H groups in total. The molecule has 7 nitrogen and oxygen atoms in total. The van der Waals surface area contributed by atoms with Gasteiger partial charge in [0.25, 0.3) is 11.8 Å². The van der Waals surface area contributed by atoms with Crippen molar-refractivity contribution in [3.05, 3.63) is 91.9 Å². The van der Waals surface area contributed by atoms with E-state index >= 15 is 0 Å². The molecule has 0 saturated carbocycles. The Morgan fingerprint density at radius 2 is 1.78 bits per heavy atom. The molecule has 1 aliphatic rings. The smallest absolute Gasteiger partial charge is 0.335 e. The fourth-order valence-corrected chi connectivity index (χ4v) is 4.61. The standard InChI is InChI=1S/C28H24BrClN2O5/c1-4-36-24-14-18(13-22(30)25(24)37-15-19-7-5-6-8-21(19)29)12-20-26(33)31-28(35)32(27(20)34)23-10-9-16(2)11-17(23)3/h5-14H,4,15H2,1-3H3,(H,31,33,35)/b20-12+. The Morgan fingerprint density at radius 3 is 2.49 bits per heavy atom. The lowest BCUT2D eigenvalue weighted by atomic mass is 10.0. The molecule has 1 fully saturated rings. The van der Waals surface area contributed by atoms with Crippen LogP contribution in [0, 0.1) is 13.8 Å². The molecule has 0 aromatic heterocycles. The molecule has 4 amide bonds. The van der Waals surface area contributed by atoms with Crippen LogP contribution in [-0.4, -0.2) is 24.5 Å². The summed E-state index contributed by atoms with van der Waals surface area (Å²) in [5.41, 5.74) is 3.27. The lowest BCUT2D eigenvalue weighted by Gasteiger charge is -2.27. The molecule has 0 aliphatic carbocycles. The molecule has 1 saturated heterocycles. The van der Waals surface area contributed by atoms with E-state index in [0.29, 0.717) is 29.4 Å². The Labute approximate surface area is 228 Å². The average molecular weight is 584 g/mol. The maximum absolute atomic E-state index is 13.3. The summed E-state index contributed by atoms with van der Waals surface area (Å²) in [6.45, 7) is 6.12. The summed E-state index contributed by atoms with van der Waals surface area (Å²) in [5, 5.41) is 2.49. The number of imide groups is 2. The number of hydrogen-bond acceptors (Lipinski definition) is 5. The zero-order valence-corrected chi connectivity index (χ0v) is 22.8. The van der Waals surface area contributed by atoms with Crippen LogP contribution in [0.3, 0.4) is 0 Å². The van der Waals surface area contributed by atoms with Crippen molar-refractivity contribution in [2.24, 2.45) is 0 Å². The van der Waals surface area contributed by atoms with E-state index in [1.54, 1.807) is 31.2 Å². The maximum Gasteiger partial charge on any atom is 0.335 e. The van der Waals surface area contributed by atoms with Gasteiger partial charge in [0.15, 0.2) is 11.5 Å². The van der Waals surface area contributed by atoms with Gasteiger partial charge in [-0.15, -0.1) is 0 Å². The molecule has 3 aromatic rings. The van der Waals surface area contributed by atoms with Crippen LogP contribution in [0.1, 0.15) is 29.2 Å². The molecule has 0 atom stereocenters. The highest BCUT2D eigenvalue weighted by Crippen LogP contribution is 2.38. The molecular formula is C28H24BrClN2O5. The first-order valence-electron chi connectivity index (χ1n) is 11.5. The van der Waals surface area contributed by atoms with Gasteiger partial charge in [-0.1, -0.05) is 63.4 Å². The molecule has 4 rings (SSSR count). The second-order valence-electron chi connectivity index (χ2n) is 8.39. The maximum atomic E-state index is 13.3. The van der Waals surface area contributed by atoms with Gasteiger partial charge in [0.05, 0.1) is 17.3 Å². The molecule has 0 unspecified atom stereocenters. The minimum absolute atomic E-state index is 0.208. The van der Waals surface area contributed by atoms with Crippen LogP contribution < -0.4 is 19.7 Å². The Balaban J connectivity index is 1.68. The molecule has 1 aliphatic heterocycles. The number of aryl methyl sites for hydroxylation is 2. The van der Waals surface area contributed by atoms with Crippen LogP contribution in [0.5, 0.6) is 11.5 Å². The number of urea groups is 1. The summed E-state index contributed by atoms with van der Waals surface area (Å²) in [7, 11) is 0. The van der Waals surface area contributed by atoms with E-state index < -0.39 is 17.8 Å². The lowest BCUT2D eigenvalue weighted by Crippen LogP contribution is -2.54. The van der Waals surface area contributed by atoms with Crippen molar-refractivity contribution in [2.75, 3.05) is 11.5 Å². The van der Waals surface area contributed by atoms with Gasteiger partial charge < -0.3 is 9.47 Å². The summed E-state index contributed by atoms with van der Waals surface area (Å²) in [4.78, 5) is 39.5. The Morgan fingerprint density at radius 1 is 1.03 bits per heavy atom. The number of amides is 4. The fraction of sp³-hybridized carbons (Fsp3) is 0.179. The number of carbonyl (C=O) groups excluding carboxylic acids is 3. The summed E-state index contributed by atoms with van der Waals surface area (Å²) in [6, 6.07) is 15.4. The van der Waals surface area contributed by atoms with Gasteiger partial charge in [0, 0.05) is 10.0 Å². The monoisotopic (exact) mass is 582 g/mol. The highest BCUT2D eigenvalue weighted by atomic mass is 79.9. The van der Waals surface area contributed by atoms with E-state index in [2.05, 4.69) is 21.2 Å². The normalized spacial score (nSPS) is 14.7. The van der Waals surface area contributed by atoms with E-state index in [1.165, 1.54) is 6.08 Å². The minimum Gasteiger partial charge on any atom is -0.490 e. The highest BCUT2D eigenvalue weighted by Gasteiger charge is 2.37. The van der Waals surface area contributed by atoms with Gasteiger partial charge in [0.2, 0.25) is 0 Å². The topological polar surface area (TPSA) is 84.9 Å². The van der Waals surface area contributed by atoms with Gasteiger partial charge in [-0.3, -0.25) is 14.9 Å². The molecule has 0 radical (unpaired) electrons. The van der Waals surface area contributed by atoms with Gasteiger partial charge in [-0.2, -0.15) is 0 Å². The molecule has 0 spiro atoms. The van der Waals surface area contributed by atoms with E-state index in [-0.39, 0.29) is 17.2 Å². The van der Waals surface area contributed by atoms with E-state index in [0.717, 1.165) is 26.1 Å². The third kappa shape index (κ3) is 5.70. The second-order valence-corrected chi connectivity index (χ2v) is 9.65. The average Bonchev–Trinajstić information content (AvgIpc) is 2.83. The summed E-state index contributed by atoms with van der Waals surface area (Å²) < 4.78 is 12.6. The molecule has 0 bridgehead atoms. The molecule has 190 valence electrons. The minimum atomic E-state index is -0.803. The summed E-state index contributed by atoms with van der Waals surface area (Å²) >= 11 is 10.1. The molecule has 37 heavy (non-hydrogen) atoms. The number of halogens is 2. The van der Waals surface area contributed by atoms with Crippen molar-refractivity contribution in [1.82, 2.24) is 5.32 Å². The molecule has 3 aromatic carbocycles. The second kappa shape index (κ2) is 11.2. The number of nitrogens with zero attached hydrogens (tertiary/aromatic N) is 1. The van der Waals surface area contributed by atoms with Crippen LogP contribution >= 0.6 is 27.5 Å². The summed E-state index contributed by atoms with van der Waals surface area (Å²) in [5.74, 6) is -0.823. The van der Waals surface area contributed by atoms with Crippen molar-refractivity contribution in [3.63, 3.8) is 0 Å². The molecular weight excluding hydrogens is 560 g/mol. The zero-order valence-electron chi connectivity index (χ0n) is 20.4. The first-order valence-corrected chi connectivity index (χ1v) is 12.7. The van der Waals surface area contributed by atoms with Crippen molar-refractivity contribution >= 4 is 57.1 Å². The molecule has 9 heteroatoms. The van der Waals surface area contributed by atoms with E-state index in [1.807, 2.05) is 44.2 Å². The van der Waals surface area contributed by atoms with Crippen LogP contribution in [0.4, 0.5) is 10.5 Å². The Kier molecular flexibility index (Phi) is 8.00. The van der Waals surface area contributed by atoms with Crippen molar-refractivity contribution in [1.29, 1.82) is 0 Å². The van der Waals surface area contributed by atoms with Crippen LogP contribution in [0.2, 0.25) is 5.02 Å². The van der Waals surface area contributed by atoms with Crippen LogP contribution in [0.15, 0.2) is 64.6 Å². The van der Waals surface area contributed by atoms with Crippen molar-refractivity contribution in [3.8, 4) is 11.5 Å². The number of rotatable bonds is 7. The third-order valence-electron chi connectivity index (χ3n) is 5.67. The third-order valence-corrected chi connectivity index (χ3v) is 6.72. The number of ether oxygens (including phenoxy) is 2. The van der Waals surface area contributed by atoms with Crippen LogP contribution in [-0.2, 0) is 16.2 Å². The van der Waals surface area contributed by atoms with Crippen molar-refractivity contribution in [2.45, 2.75) is 27.4 Å². The largest absolute Gasteiger partial charge is 0.490 e. The highest BCUT2D eigenvalue weighted by molar-refractivity contribution is 9.10. The lowest BCUT2D eigenvalue weighted by molar-refractivity contribution is -0.122. The number of nitrogens with one attached hydrogen (secondary N) is 1. The number of anilines is 1. The van der Waals surface area contributed by atoms with E-state index in [4.69, 9.17) is 21.1 Å². The number of barbiturate groups is 1. The van der Waals surface area contributed by atoms with E-state index in [9.17, 15) is 14.4 Å². The number of hydrogen-bond donors (Lipinski definition) is 1. The van der Waals surface area contributed by atoms with Gasteiger partial charge in [-0.25, -0.2) is 9.69 Å². The zero-order chi connectivity index (χ0) is 26.7. The van der Waals surface area contributed by atoms with Gasteiger partial charge in [-0.05, 0) is 62.2 Å². The number of carbonyl (C=O) groups is 3.